The maximum atomic E-state index is 12.5. The zero-order valence-corrected chi connectivity index (χ0v) is 14.5. The lowest BCUT2D eigenvalue weighted by atomic mass is 9.86. The van der Waals surface area contributed by atoms with E-state index in [0.29, 0.717) is 19.1 Å². The maximum Gasteiger partial charge on any atom is 0.248 e. The molecule has 1 N–H and O–H groups in total. The van der Waals surface area contributed by atoms with Crippen molar-refractivity contribution in [2.45, 2.75) is 44.2 Å². The van der Waals surface area contributed by atoms with Gasteiger partial charge >= 0.3 is 0 Å². The molecule has 24 heavy (non-hydrogen) atoms. The number of methoxy groups -OCH3 is 1. The van der Waals surface area contributed by atoms with Crippen LogP contribution in [-0.4, -0.2) is 48.8 Å². The number of nitrogens with zero attached hydrogens (tertiary/aromatic N) is 1. The minimum atomic E-state index is -1.09. The Hall–Kier alpha value is -1.59. The summed E-state index contributed by atoms with van der Waals surface area (Å²) in [6.45, 7) is 3.27. The summed E-state index contributed by atoms with van der Waals surface area (Å²) in [5.41, 5.74) is -0.290. The quantitative estimate of drug-likeness (QED) is 0.832. The second kappa shape index (κ2) is 7.11. The number of likely N-dealkylation sites (tertiary alicyclic amines) is 1. The van der Waals surface area contributed by atoms with Crippen molar-refractivity contribution < 1.29 is 19.4 Å². The molecule has 1 heterocycles. The molecule has 0 spiro atoms. The van der Waals surface area contributed by atoms with Crippen LogP contribution in [0.4, 0.5) is 0 Å². The first-order valence-corrected chi connectivity index (χ1v) is 8.76. The van der Waals surface area contributed by atoms with Gasteiger partial charge in [0.15, 0.2) is 0 Å². The lowest BCUT2D eigenvalue weighted by Gasteiger charge is -2.37. The summed E-state index contributed by atoms with van der Waals surface area (Å²) >= 11 is 0. The van der Waals surface area contributed by atoms with Gasteiger partial charge in [0, 0.05) is 6.54 Å². The Kier molecular flexibility index (Phi) is 5.11. The minimum absolute atomic E-state index is 0.0214. The van der Waals surface area contributed by atoms with E-state index in [1.54, 1.807) is 18.9 Å². The zero-order chi connectivity index (χ0) is 17.2. The molecule has 5 nitrogen and oxygen atoms in total. The van der Waals surface area contributed by atoms with Gasteiger partial charge in [-0.1, -0.05) is 12.1 Å². The maximum absolute atomic E-state index is 12.5. The molecule has 0 aromatic heterocycles. The number of aliphatic hydroxyl groups is 1. The van der Waals surface area contributed by atoms with Gasteiger partial charge in [0.05, 0.1) is 19.8 Å². The first-order valence-electron chi connectivity index (χ1n) is 8.76. The predicted octanol–water partition coefficient (Wildman–Crippen LogP) is 2.32. The molecule has 1 aliphatic carbocycles. The number of carbonyl (C=O) groups excluding carboxylic acids is 1. The Bertz CT molecular complexity index is 565. The number of hydrogen-bond donors (Lipinski definition) is 1. The number of rotatable bonds is 7. The van der Waals surface area contributed by atoms with Crippen LogP contribution in [0.3, 0.4) is 0 Å². The number of benzene rings is 1. The third-order valence-corrected chi connectivity index (χ3v) is 5.17. The normalized spacial score (nSPS) is 23.1. The van der Waals surface area contributed by atoms with Crippen LogP contribution in [0, 0.1) is 5.92 Å². The second-order valence-corrected chi connectivity index (χ2v) is 7.08. The largest absolute Gasteiger partial charge is 0.497 e. The zero-order valence-electron chi connectivity index (χ0n) is 14.5. The molecular weight excluding hydrogens is 306 g/mol. The van der Waals surface area contributed by atoms with Crippen molar-refractivity contribution in [2.75, 3.05) is 26.9 Å². The molecule has 1 amide bonds. The van der Waals surface area contributed by atoms with Crippen molar-refractivity contribution in [1.29, 1.82) is 0 Å². The van der Waals surface area contributed by atoms with E-state index in [1.807, 2.05) is 24.3 Å². The van der Waals surface area contributed by atoms with E-state index in [2.05, 4.69) is 0 Å². The van der Waals surface area contributed by atoms with E-state index in [9.17, 15) is 9.90 Å². The molecule has 1 saturated heterocycles. The van der Waals surface area contributed by atoms with E-state index < -0.39 is 5.60 Å². The lowest BCUT2D eigenvalue weighted by Crippen LogP contribution is -2.49. The third-order valence-electron chi connectivity index (χ3n) is 5.17. The first-order chi connectivity index (χ1) is 11.5. The number of amides is 1. The number of hydrogen-bond acceptors (Lipinski definition) is 4. The number of carbonyl (C=O) groups is 1. The lowest BCUT2D eigenvalue weighted by molar-refractivity contribution is -0.142. The Morgan fingerprint density at radius 1 is 1.29 bits per heavy atom. The summed E-state index contributed by atoms with van der Waals surface area (Å²) in [6.07, 6.45) is 4.14. The molecule has 1 aromatic carbocycles. The molecule has 0 unspecified atom stereocenters. The third kappa shape index (κ3) is 3.73. The van der Waals surface area contributed by atoms with Gasteiger partial charge < -0.3 is 19.5 Å². The summed E-state index contributed by atoms with van der Waals surface area (Å²) < 4.78 is 10.7. The highest BCUT2D eigenvalue weighted by Gasteiger charge is 2.42. The molecule has 2 atom stereocenters. The van der Waals surface area contributed by atoms with Crippen molar-refractivity contribution in [3.8, 4) is 5.75 Å². The van der Waals surface area contributed by atoms with Gasteiger partial charge in [-0.25, -0.2) is 0 Å². The Morgan fingerprint density at radius 2 is 2.00 bits per heavy atom. The minimum Gasteiger partial charge on any atom is -0.497 e. The highest BCUT2D eigenvalue weighted by atomic mass is 16.5. The van der Waals surface area contributed by atoms with Crippen molar-refractivity contribution in [3.05, 3.63) is 29.8 Å². The highest BCUT2D eigenvalue weighted by Crippen LogP contribution is 2.35. The van der Waals surface area contributed by atoms with Crippen LogP contribution < -0.4 is 4.74 Å². The summed E-state index contributed by atoms with van der Waals surface area (Å²) in [5, 5.41) is 11.1. The van der Waals surface area contributed by atoms with Gasteiger partial charge in [-0.3, -0.25) is 4.79 Å². The molecule has 1 saturated carbocycles. The summed E-state index contributed by atoms with van der Waals surface area (Å²) in [6, 6.07) is 7.18. The van der Waals surface area contributed by atoms with Crippen LogP contribution in [0.1, 0.15) is 38.2 Å². The number of ether oxygens (including phenoxy) is 2. The first kappa shape index (κ1) is 17.2. The van der Waals surface area contributed by atoms with Crippen molar-refractivity contribution in [3.63, 3.8) is 0 Å². The van der Waals surface area contributed by atoms with Gasteiger partial charge in [-0.05, 0) is 56.2 Å². The average Bonchev–Trinajstić information content (AvgIpc) is 3.26. The monoisotopic (exact) mass is 333 g/mol. The summed E-state index contributed by atoms with van der Waals surface area (Å²) in [5.74, 6) is 1.38. The standard InChI is InChI=1S/C19H27NO4/c1-19(22,15-7-9-16(23-2)10-8-15)17-4-3-11-20(17)18(21)13-24-12-14-5-6-14/h7-10,14,17,22H,3-6,11-13H2,1-2H3/t17-,19-/m1/s1. The predicted molar refractivity (Wildman–Crippen MR) is 90.8 cm³/mol. The summed E-state index contributed by atoms with van der Waals surface area (Å²) in [4.78, 5) is 14.3. The average molecular weight is 333 g/mol. The van der Waals surface area contributed by atoms with Gasteiger partial charge in [0.2, 0.25) is 5.91 Å². The van der Waals surface area contributed by atoms with Crippen LogP contribution in [-0.2, 0) is 15.1 Å². The van der Waals surface area contributed by atoms with E-state index in [4.69, 9.17) is 9.47 Å². The van der Waals surface area contributed by atoms with Gasteiger partial charge in [0.1, 0.15) is 18.0 Å². The molecule has 0 bridgehead atoms. The van der Waals surface area contributed by atoms with E-state index in [1.165, 1.54) is 12.8 Å². The molecule has 1 aliphatic heterocycles. The SMILES string of the molecule is COc1ccc([C@@](C)(O)[C@H]2CCCN2C(=O)COCC2CC2)cc1. The Labute approximate surface area is 143 Å². The molecule has 2 fully saturated rings. The topological polar surface area (TPSA) is 59.0 Å². The highest BCUT2D eigenvalue weighted by molar-refractivity contribution is 5.78. The molecule has 5 heteroatoms. The van der Waals surface area contributed by atoms with E-state index >= 15 is 0 Å². The molecule has 2 aliphatic rings. The van der Waals surface area contributed by atoms with Gasteiger partial charge in [-0.2, -0.15) is 0 Å². The van der Waals surface area contributed by atoms with Crippen LogP contribution in [0.15, 0.2) is 24.3 Å². The van der Waals surface area contributed by atoms with Crippen LogP contribution in [0.5, 0.6) is 5.75 Å². The molecule has 132 valence electrons. The fourth-order valence-electron chi connectivity index (χ4n) is 3.45. The van der Waals surface area contributed by atoms with Crippen molar-refractivity contribution in [2.24, 2.45) is 5.92 Å². The smallest absolute Gasteiger partial charge is 0.248 e. The second-order valence-electron chi connectivity index (χ2n) is 7.08. The van der Waals surface area contributed by atoms with Crippen LogP contribution in [0.25, 0.3) is 0 Å². The van der Waals surface area contributed by atoms with Crippen LogP contribution in [0.2, 0.25) is 0 Å². The molecule has 0 radical (unpaired) electrons. The Balaban J connectivity index is 1.66. The van der Waals surface area contributed by atoms with Crippen molar-refractivity contribution in [1.82, 2.24) is 4.90 Å². The Morgan fingerprint density at radius 3 is 2.62 bits per heavy atom. The van der Waals surface area contributed by atoms with Crippen molar-refractivity contribution >= 4 is 5.91 Å². The van der Waals surface area contributed by atoms with Gasteiger partial charge in [-0.15, -0.1) is 0 Å². The molecular formula is C19H27NO4. The molecule has 3 rings (SSSR count). The van der Waals surface area contributed by atoms with E-state index in [0.717, 1.165) is 24.2 Å². The summed E-state index contributed by atoms with van der Waals surface area (Å²) in [7, 11) is 1.62. The van der Waals surface area contributed by atoms with Gasteiger partial charge in [0.25, 0.3) is 0 Å². The van der Waals surface area contributed by atoms with Crippen LogP contribution >= 0.6 is 0 Å². The molecule has 1 aromatic rings. The van der Waals surface area contributed by atoms with E-state index in [-0.39, 0.29) is 18.6 Å². The fourth-order valence-corrected chi connectivity index (χ4v) is 3.45. The fraction of sp³-hybridized carbons (Fsp3) is 0.632.